The quantitative estimate of drug-likeness (QED) is 0.118. The Hall–Kier alpha value is -7.48. The summed E-state index contributed by atoms with van der Waals surface area (Å²) in [7, 11) is 13.0. The number of H-pyrrole nitrogens is 2. The second-order valence-electron chi connectivity index (χ2n) is 13.1. The molecule has 0 unspecified atom stereocenters. The molecule has 0 aliphatic carbocycles. The van der Waals surface area contributed by atoms with E-state index >= 15 is 0 Å². The number of methoxy groups -OCH3 is 6. The fourth-order valence-electron chi connectivity index (χ4n) is 6.91. The minimum Gasteiger partial charge on any atom is -0.493 e. The molecule has 0 amide bonds. The van der Waals surface area contributed by atoms with Crippen LogP contribution in [-0.2, 0) is 14.1 Å². The number of nitrogens with zero attached hydrogens (tertiary/aromatic N) is 4. The van der Waals surface area contributed by atoms with Crippen molar-refractivity contribution in [2.75, 3.05) is 42.7 Å². The van der Waals surface area contributed by atoms with Crippen LogP contribution in [0.15, 0.2) is 97.6 Å². The predicted octanol–water partition coefficient (Wildman–Crippen LogP) is 7.65. The Balaban J connectivity index is 0.000000177. The van der Waals surface area contributed by atoms with Crippen molar-refractivity contribution in [2.24, 2.45) is 14.1 Å². The number of ketones is 2. The zero-order valence-corrected chi connectivity index (χ0v) is 33.3. The number of para-hydroxylation sites is 2. The van der Waals surface area contributed by atoms with Gasteiger partial charge in [0.25, 0.3) is 0 Å². The maximum Gasteiger partial charge on any atom is 0.213 e. The molecule has 296 valence electrons. The number of hydrogen-bond acceptors (Lipinski definition) is 10. The molecule has 0 fully saturated rings. The van der Waals surface area contributed by atoms with Gasteiger partial charge in [-0.1, -0.05) is 36.4 Å². The van der Waals surface area contributed by atoms with Gasteiger partial charge in [-0.25, -0.2) is 9.97 Å². The first-order chi connectivity index (χ1) is 28.1. The summed E-state index contributed by atoms with van der Waals surface area (Å²) >= 11 is 0. The molecule has 0 bridgehead atoms. The molecule has 8 aromatic rings. The van der Waals surface area contributed by atoms with Crippen LogP contribution in [0.1, 0.15) is 32.1 Å². The Morgan fingerprint density at radius 3 is 1.76 bits per heavy atom. The normalized spacial score (nSPS) is 10.9. The smallest absolute Gasteiger partial charge is 0.213 e. The molecule has 0 atom stereocenters. The van der Waals surface area contributed by atoms with E-state index < -0.39 is 0 Å². The Morgan fingerprint density at radius 2 is 1.17 bits per heavy atom. The van der Waals surface area contributed by atoms with Crippen LogP contribution in [0.4, 0.5) is 0 Å². The van der Waals surface area contributed by atoms with Crippen LogP contribution in [0.2, 0.25) is 0 Å². The number of aryl methyl sites for hydroxylation is 2. The molecule has 4 aromatic carbocycles. The molecule has 2 N–H and O–H groups in total. The first-order valence-corrected chi connectivity index (χ1v) is 18.0. The highest BCUT2D eigenvalue weighted by molar-refractivity contribution is 6.10. The van der Waals surface area contributed by atoms with Gasteiger partial charge in [-0.2, -0.15) is 0 Å². The van der Waals surface area contributed by atoms with Crippen LogP contribution in [0.3, 0.4) is 0 Å². The third kappa shape index (κ3) is 7.07. The summed E-state index contributed by atoms with van der Waals surface area (Å²) in [5.74, 6) is 3.45. The highest BCUT2D eigenvalue weighted by Gasteiger charge is 2.23. The van der Waals surface area contributed by atoms with Crippen molar-refractivity contribution in [3.05, 3.63) is 120 Å². The Labute approximate surface area is 333 Å². The molecule has 8 rings (SSSR count). The van der Waals surface area contributed by atoms with E-state index in [0.29, 0.717) is 62.8 Å². The number of ether oxygens (including phenoxy) is 6. The standard InChI is InChI=1S/C23H23N3O4.C21H19N3O4/c1-25-12-16(15-8-6-7-9-18(15)25)23-24-17(13-26(23)2)21(27)14-10-19(28-3)22(30-5)20(11-14)29-4;1-26-17-8-12(9-18(27-2)20(17)28-3)19(25)16-11-23-21(24-16)14-10-22-15-7-5-4-6-13(14)15/h6-13H,1-5H3;4-11,22H,1-3H3,(H,23,24). The number of aromatic nitrogens is 6. The number of carbonyl (C=O) groups excluding carboxylic acids is 2. The molecule has 14 heteroatoms. The van der Waals surface area contributed by atoms with E-state index in [0.717, 1.165) is 38.8 Å². The average molecular weight is 783 g/mol. The first-order valence-electron chi connectivity index (χ1n) is 18.0. The molecule has 14 nitrogen and oxygen atoms in total. The van der Waals surface area contributed by atoms with Crippen LogP contribution >= 0.6 is 0 Å². The fourth-order valence-corrected chi connectivity index (χ4v) is 6.91. The topological polar surface area (TPSA) is 157 Å². The predicted molar refractivity (Wildman–Crippen MR) is 220 cm³/mol. The molecule has 0 saturated heterocycles. The Bertz CT molecular complexity index is 2740. The van der Waals surface area contributed by atoms with Gasteiger partial charge in [0, 0.05) is 76.7 Å². The number of carbonyl (C=O) groups is 2. The van der Waals surface area contributed by atoms with E-state index in [1.54, 1.807) is 30.5 Å². The molecule has 4 heterocycles. The van der Waals surface area contributed by atoms with Gasteiger partial charge in [-0.05, 0) is 36.4 Å². The van der Waals surface area contributed by atoms with Crippen molar-refractivity contribution >= 4 is 33.4 Å². The zero-order valence-electron chi connectivity index (χ0n) is 33.3. The first kappa shape index (κ1) is 38.8. The van der Waals surface area contributed by atoms with E-state index in [2.05, 4.69) is 36.6 Å². The van der Waals surface area contributed by atoms with Gasteiger partial charge in [0.15, 0.2) is 23.0 Å². The third-order valence-electron chi connectivity index (χ3n) is 9.77. The molecule has 0 radical (unpaired) electrons. The van der Waals surface area contributed by atoms with Crippen molar-refractivity contribution in [3.8, 4) is 57.3 Å². The Morgan fingerprint density at radius 1 is 0.621 bits per heavy atom. The lowest BCUT2D eigenvalue weighted by molar-refractivity contribution is 0.102. The number of rotatable bonds is 12. The monoisotopic (exact) mass is 782 g/mol. The molecular formula is C44H42N6O8. The van der Waals surface area contributed by atoms with E-state index in [-0.39, 0.29) is 11.6 Å². The summed E-state index contributed by atoms with van der Waals surface area (Å²) < 4.78 is 36.0. The lowest BCUT2D eigenvalue weighted by Crippen LogP contribution is -2.04. The highest BCUT2D eigenvalue weighted by atomic mass is 16.5. The molecule has 0 spiro atoms. The van der Waals surface area contributed by atoms with Gasteiger partial charge in [0.05, 0.1) is 48.9 Å². The number of benzene rings is 4. The Kier molecular flexibility index (Phi) is 10.9. The molecule has 0 aliphatic rings. The number of aromatic amines is 2. The maximum absolute atomic E-state index is 13.2. The summed E-state index contributed by atoms with van der Waals surface area (Å²) in [6, 6.07) is 22.5. The van der Waals surface area contributed by atoms with Crippen molar-refractivity contribution < 1.29 is 38.0 Å². The van der Waals surface area contributed by atoms with E-state index in [4.69, 9.17) is 28.4 Å². The number of nitrogens with one attached hydrogen (secondary N) is 2. The van der Waals surface area contributed by atoms with Crippen LogP contribution in [0.5, 0.6) is 34.5 Å². The van der Waals surface area contributed by atoms with Crippen LogP contribution in [0, 0.1) is 0 Å². The molecule has 58 heavy (non-hydrogen) atoms. The summed E-state index contributed by atoms with van der Waals surface area (Å²) in [4.78, 5) is 41.6. The SMILES string of the molecule is COc1cc(C(=O)c2cn(C)c(-c3cn(C)c4ccccc34)n2)cc(OC)c1OC.COc1cc(C(=O)c2cnc(-c3c[nH]c4ccccc34)[nH]2)cc(OC)c1OC. The van der Waals surface area contributed by atoms with Gasteiger partial charge < -0.3 is 47.5 Å². The van der Waals surface area contributed by atoms with E-state index in [9.17, 15) is 9.59 Å². The minimum absolute atomic E-state index is 0.224. The van der Waals surface area contributed by atoms with Gasteiger partial charge >= 0.3 is 0 Å². The summed E-state index contributed by atoms with van der Waals surface area (Å²) in [6.07, 6.45) is 7.17. The molecule has 0 aliphatic heterocycles. The van der Waals surface area contributed by atoms with Crippen LogP contribution in [0.25, 0.3) is 44.6 Å². The summed E-state index contributed by atoms with van der Waals surface area (Å²) in [5, 5.41) is 2.11. The molecule has 4 aromatic heterocycles. The van der Waals surface area contributed by atoms with E-state index in [1.165, 1.54) is 48.9 Å². The number of imidazole rings is 2. The van der Waals surface area contributed by atoms with Crippen molar-refractivity contribution in [2.45, 2.75) is 0 Å². The van der Waals surface area contributed by atoms with Gasteiger partial charge in [-0.15, -0.1) is 0 Å². The van der Waals surface area contributed by atoms with E-state index in [1.807, 2.05) is 67.5 Å². The summed E-state index contributed by atoms with van der Waals surface area (Å²) in [5.41, 5.74) is 5.51. The molecular weight excluding hydrogens is 741 g/mol. The largest absolute Gasteiger partial charge is 0.493 e. The van der Waals surface area contributed by atoms with Gasteiger partial charge in [-0.3, -0.25) is 9.59 Å². The molecule has 0 saturated carbocycles. The van der Waals surface area contributed by atoms with Crippen molar-refractivity contribution in [3.63, 3.8) is 0 Å². The van der Waals surface area contributed by atoms with Crippen molar-refractivity contribution in [1.82, 2.24) is 29.1 Å². The second-order valence-corrected chi connectivity index (χ2v) is 13.1. The zero-order chi connectivity index (χ0) is 41.1. The lowest BCUT2D eigenvalue weighted by Gasteiger charge is -2.13. The number of fused-ring (bicyclic) bond motifs is 2. The van der Waals surface area contributed by atoms with Crippen LogP contribution in [-0.4, -0.2) is 83.3 Å². The lowest BCUT2D eigenvalue weighted by atomic mass is 10.1. The third-order valence-corrected chi connectivity index (χ3v) is 9.77. The summed E-state index contributed by atoms with van der Waals surface area (Å²) in [6.45, 7) is 0. The van der Waals surface area contributed by atoms with Crippen molar-refractivity contribution in [1.29, 1.82) is 0 Å². The highest BCUT2D eigenvalue weighted by Crippen LogP contribution is 2.40. The number of hydrogen-bond donors (Lipinski definition) is 2. The van der Waals surface area contributed by atoms with Gasteiger partial charge in [0.1, 0.15) is 23.0 Å². The maximum atomic E-state index is 13.2. The van der Waals surface area contributed by atoms with Crippen LogP contribution < -0.4 is 28.4 Å². The average Bonchev–Trinajstić information content (AvgIpc) is 4.07. The minimum atomic E-state index is -0.226. The fraction of sp³-hybridized carbons (Fsp3) is 0.182. The van der Waals surface area contributed by atoms with Gasteiger partial charge in [0.2, 0.25) is 23.1 Å². The second kappa shape index (κ2) is 16.3.